The predicted octanol–water partition coefficient (Wildman–Crippen LogP) is 1.72. The summed E-state index contributed by atoms with van der Waals surface area (Å²) >= 11 is 1.48. The van der Waals surface area contributed by atoms with Crippen molar-refractivity contribution in [2.45, 2.75) is 43.7 Å². The molecule has 1 aliphatic rings. The Labute approximate surface area is 117 Å². The minimum Gasteiger partial charge on any atom is -0.345 e. The molecular weight excluding hydrogens is 262 g/mol. The average molecular weight is 283 g/mol. The summed E-state index contributed by atoms with van der Waals surface area (Å²) in [6.45, 7) is 0.910. The van der Waals surface area contributed by atoms with E-state index in [1.54, 1.807) is 0 Å². The van der Waals surface area contributed by atoms with E-state index in [1.807, 2.05) is 11.9 Å². The lowest BCUT2D eigenvalue weighted by Gasteiger charge is -2.27. The monoisotopic (exact) mass is 283 g/mol. The Hall–Kier alpha value is -1.11. The van der Waals surface area contributed by atoms with Crippen molar-refractivity contribution in [3.05, 3.63) is 0 Å². The van der Waals surface area contributed by atoms with Crippen LogP contribution in [0.15, 0.2) is 5.16 Å². The number of amides is 1. The van der Waals surface area contributed by atoms with Gasteiger partial charge < -0.3 is 4.90 Å². The first-order chi connectivity index (χ1) is 9.25. The van der Waals surface area contributed by atoms with Crippen molar-refractivity contribution in [3.8, 4) is 0 Å². The molecule has 1 heterocycles. The largest absolute Gasteiger partial charge is 0.345 e. The maximum atomic E-state index is 12.0. The number of nitrogens with zero attached hydrogens (tertiary/aromatic N) is 4. The van der Waals surface area contributed by atoms with Gasteiger partial charge in [0.2, 0.25) is 11.1 Å². The van der Waals surface area contributed by atoms with Crippen molar-refractivity contribution in [3.63, 3.8) is 0 Å². The fourth-order valence-corrected chi connectivity index (χ4v) is 3.17. The molecule has 1 aromatic rings. The van der Waals surface area contributed by atoms with Crippen LogP contribution in [0, 0.1) is 5.92 Å². The Morgan fingerprint density at radius 1 is 1.42 bits per heavy atom. The summed E-state index contributed by atoms with van der Waals surface area (Å²) in [6, 6.07) is 0. The summed E-state index contributed by atoms with van der Waals surface area (Å²) in [5.74, 6) is 1.63. The minimum atomic E-state index is 0.213. The van der Waals surface area contributed by atoms with Gasteiger partial charge in [-0.15, -0.1) is 5.10 Å². The Morgan fingerprint density at radius 2 is 2.21 bits per heavy atom. The molecule has 0 bridgehead atoms. The van der Waals surface area contributed by atoms with Crippen molar-refractivity contribution < 1.29 is 4.79 Å². The fourth-order valence-electron chi connectivity index (χ4n) is 2.50. The summed E-state index contributed by atoms with van der Waals surface area (Å²) in [4.78, 5) is 13.9. The lowest BCUT2D eigenvalue weighted by atomic mass is 9.89. The molecule has 1 amide bonds. The highest BCUT2D eigenvalue weighted by atomic mass is 32.2. The van der Waals surface area contributed by atoms with Gasteiger partial charge in [0.15, 0.2) is 0 Å². The van der Waals surface area contributed by atoms with E-state index in [-0.39, 0.29) is 5.91 Å². The van der Waals surface area contributed by atoms with E-state index in [0.29, 0.717) is 23.2 Å². The van der Waals surface area contributed by atoms with Crippen LogP contribution in [0.1, 0.15) is 38.5 Å². The van der Waals surface area contributed by atoms with Gasteiger partial charge in [-0.1, -0.05) is 31.0 Å². The number of aromatic nitrogens is 4. The summed E-state index contributed by atoms with van der Waals surface area (Å²) in [7, 11) is 1.91. The zero-order chi connectivity index (χ0) is 13.5. The predicted molar refractivity (Wildman–Crippen MR) is 73.7 cm³/mol. The van der Waals surface area contributed by atoms with Gasteiger partial charge in [-0.2, -0.15) is 0 Å². The summed E-state index contributed by atoms with van der Waals surface area (Å²) in [5.41, 5.74) is 0. The molecule has 0 atom stereocenters. The van der Waals surface area contributed by atoms with E-state index in [0.717, 1.165) is 6.54 Å². The number of rotatable bonds is 6. The molecule has 0 radical (unpaired) electrons. The highest BCUT2D eigenvalue weighted by molar-refractivity contribution is 7.99. The molecule has 1 aliphatic carbocycles. The van der Waals surface area contributed by atoms with E-state index < -0.39 is 0 Å². The molecule has 0 unspecified atom stereocenters. The number of hydrogen-bond acceptors (Lipinski definition) is 5. The van der Waals surface area contributed by atoms with E-state index in [1.165, 1.54) is 43.9 Å². The second kappa shape index (κ2) is 7.47. The Kier molecular flexibility index (Phi) is 5.62. The summed E-state index contributed by atoms with van der Waals surface area (Å²) in [6.07, 6.45) is 7.08. The van der Waals surface area contributed by atoms with Gasteiger partial charge in [-0.3, -0.25) is 4.79 Å². The molecule has 0 spiro atoms. The van der Waals surface area contributed by atoms with Crippen LogP contribution in [0.25, 0.3) is 0 Å². The first kappa shape index (κ1) is 14.3. The van der Waals surface area contributed by atoms with E-state index in [2.05, 4.69) is 20.6 Å². The number of carbonyl (C=O) groups excluding carboxylic acids is 1. The highest BCUT2D eigenvalue weighted by Gasteiger charge is 2.18. The first-order valence-corrected chi connectivity index (χ1v) is 7.85. The molecule has 0 saturated heterocycles. The van der Waals surface area contributed by atoms with E-state index in [4.69, 9.17) is 0 Å². The zero-order valence-corrected chi connectivity index (χ0v) is 12.2. The third-order valence-electron chi connectivity index (χ3n) is 3.56. The van der Waals surface area contributed by atoms with Crippen LogP contribution in [-0.2, 0) is 4.79 Å². The highest BCUT2D eigenvalue weighted by Crippen LogP contribution is 2.24. The van der Waals surface area contributed by atoms with Crippen LogP contribution < -0.4 is 0 Å². The lowest BCUT2D eigenvalue weighted by Crippen LogP contribution is -2.32. The molecule has 1 aromatic heterocycles. The van der Waals surface area contributed by atoms with Gasteiger partial charge in [0, 0.05) is 25.8 Å². The maximum Gasteiger partial charge on any atom is 0.223 e. The molecular formula is C12H21N5OS. The Morgan fingerprint density at radius 3 is 2.89 bits per heavy atom. The fraction of sp³-hybridized carbons (Fsp3) is 0.833. The number of aromatic amines is 1. The molecule has 0 aliphatic heterocycles. The number of hydrogen-bond donors (Lipinski definition) is 1. The number of nitrogens with one attached hydrogen (secondary N) is 1. The molecule has 1 N–H and O–H groups in total. The van der Waals surface area contributed by atoms with Crippen molar-refractivity contribution in [2.75, 3.05) is 19.3 Å². The molecule has 19 heavy (non-hydrogen) atoms. The van der Waals surface area contributed by atoms with Crippen LogP contribution in [0.3, 0.4) is 0 Å². The van der Waals surface area contributed by atoms with Crippen molar-refractivity contribution in [2.24, 2.45) is 5.92 Å². The molecule has 2 rings (SSSR count). The second-order valence-corrected chi connectivity index (χ2v) is 6.17. The van der Waals surface area contributed by atoms with Crippen molar-refractivity contribution in [1.82, 2.24) is 25.5 Å². The molecule has 6 nitrogen and oxygen atoms in total. The maximum absolute atomic E-state index is 12.0. The van der Waals surface area contributed by atoms with Gasteiger partial charge >= 0.3 is 0 Å². The quantitative estimate of drug-likeness (QED) is 0.805. The summed E-state index contributed by atoms with van der Waals surface area (Å²) in [5, 5.41) is 14.1. The smallest absolute Gasteiger partial charge is 0.223 e. The third kappa shape index (κ3) is 4.81. The number of carbonyl (C=O) groups is 1. The van der Waals surface area contributed by atoms with Gasteiger partial charge in [0.05, 0.1) is 0 Å². The van der Waals surface area contributed by atoms with Crippen LogP contribution in [0.5, 0.6) is 0 Å². The van der Waals surface area contributed by atoms with Gasteiger partial charge in [0.1, 0.15) is 0 Å². The minimum absolute atomic E-state index is 0.213. The first-order valence-electron chi connectivity index (χ1n) is 6.86. The van der Waals surface area contributed by atoms with Gasteiger partial charge in [-0.05, 0) is 29.2 Å². The molecule has 7 heteroatoms. The SMILES string of the molecule is CN(CC1CCCCC1)C(=O)CCSc1nnn[nH]1. The third-order valence-corrected chi connectivity index (χ3v) is 4.42. The number of tetrazole rings is 1. The number of thioether (sulfide) groups is 1. The molecule has 1 fully saturated rings. The van der Waals surface area contributed by atoms with Crippen molar-refractivity contribution >= 4 is 17.7 Å². The zero-order valence-electron chi connectivity index (χ0n) is 11.3. The molecule has 0 aromatic carbocycles. The second-order valence-electron chi connectivity index (χ2n) is 5.08. The van der Waals surface area contributed by atoms with E-state index >= 15 is 0 Å². The van der Waals surface area contributed by atoms with Crippen LogP contribution in [-0.4, -0.2) is 50.8 Å². The van der Waals surface area contributed by atoms with Crippen LogP contribution in [0.2, 0.25) is 0 Å². The van der Waals surface area contributed by atoms with Gasteiger partial charge in [0.25, 0.3) is 0 Å². The van der Waals surface area contributed by atoms with E-state index in [9.17, 15) is 4.79 Å². The lowest BCUT2D eigenvalue weighted by molar-refractivity contribution is -0.130. The summed E-state index contributed by atoms with van der Waals surface area (Å²) < 4.78 is 0. The molecule has 1 saturated carbocycles. The van der Waals surface area contributed by atoms with Crippen molar-refractivity contribution in [1.29, 1.82) is 0 Å². The Balaban J connectivity index is 1.64. The average Bonchev–Trinajstić information content (AvgIpc) is 2.93. The normalized spacial score (nSPS) is 16.5. The number of H-pyrrole nitrogens is 1. The standard InChI is InChI=1S/C12H21N5OS/c1-17(9-10-5-3-2-4-6-10)11(18)7-8-19-12-13-15-16-14-12/h10H,2-9H2,1H3,(H,13,14,15,16). The van der Waals surface area contributed by atoms with Gasteiger partial charge in [-0.25, -0.2) is 5.10 Å². The molecule has 106 valence electrons. The topological polar surface area (TPSA) is 74.8 Å². The Bertz CT molecular complexity index is 377. The van der Waals surface area contributed by atoms with Crippen LogP contribution >= 0.6 is 11.8 Å². The van der Waals surface area contributed by atoms with Crippen LogP contribution in [0.4, 0.5) is 0 Å².